The lowest BCUT2D eigenvalue weighted by Gasteiger charge is -2.59. The van der Waals surface area contributed by atoms with Crippen LogP contribution in [0.5, 0.6) is 0 Å². The predicted molar refractivity (Wildman–Crippen MR) is 175 cm³/mol. The van der Waals surface area contributed by atoms with Crippen LogP contribution in [0.2, 0.25) is 0 Å². The summed E-state index contributed by atoms with van der Waals surface area (Å²) in [5.41, 5.74) is 0. The van der Waals surface area contributed by atoms with Crippen molar-refractivity contribution in [2.24, 2.45) is 17.8 Å². The molecule has 0 aromatic rings. The van der Waals surface area contributed by atoms with E-state index in [0.29, 0.717) is 44.6 Å². The van der Waals surface area contributed by atoms with Crippen LogP contribution in [0.15, 0.2) is 12.7 Å². The Hall–Kier alpha value is -2.47. The molecule has 47 heavy (non-hydrogen) atoms. The van der Waals surface area contributed by atoms with Gasteiger partial charge in [-0.1, -0.05) is 20.4 Å². The molecule has 5 saturated heterocycles. The van der Waals surface area contributed by atoms with Crippen molar-refractivity contribution in [1.29, 1.82) is 5.26 Å². The van der Waals surface area contributed by atoms with Crippen LogP contribution in [0, 0.1) is 29.1 Å². The molecule has 5 aliphatic heterocycles. The smallest absolute Gasteiger partial charge is 0.320 e. The molecule has 0 spiro atoms. The highest BCUT2D eigenvalue weighted by molar-refractivity contribution is 8.00. The number of halogens is 2. The molecule has 14 heteroatoms. The van der Waals surface area contributed by atoms with E-state index in [1.165, 1.54) is 6.08 Å². The summed E-state index contributed by atoms with van der Waals surface area (Å²) in [4.78, 5) is 45.9. The number of nitriles is 1. The van der Waals surface area contributed by atoms with E-state index in [1.54, 1.807) is 16.7 Å². The Kier molecular flexibility index (Phi) is 10.7. The van der Waals surface area contributed by atoms with Crippen molar-refractivity contribution in [2.75, 3.05) is 31.9 Å². The number of alkyl halides is 2. The van der Waals surface area contributed by atoms with Gasteiger partial charge in [0.25, 0.3) is 0 Å². The molecule has 11 unspecified atom stereocenters. The number of fused-ring (bicyclic) bond motifs is 5. The third-order valence-electron chi connectivity index (χ3n) is 11.5. The number of hydrogen-bond acceptors (Lipinski definition) is 8. The number of thioether (sulfide) groups is 1. The van der Waals surface area contributed by atoms with Gasteiger partial charge in [-0.25, -0.2) is 13.6 Å². The van der Waals surface area contributed by atoms with E-state index in [-0.39, 0.29) is 66.3 Å². The number of piperidine rings is 2. The molecule has 0 aromatic heterocycles. The lowest BCUT2D eigenvalue weighted by molar-refractivity contribution is -0.133. The molecule has 6 fully saturated rings. The number of hydrogen-bond donors (Lipinski definition) is 4. The number of carbonyl (C=O) groups excluding carboxylic acids is 3. The molecule has 0 radical (unpaired) electrons. The van der Waals surface area contributed by atoms with Gasteiger partial charge >= 0.3 is 6.03 Å². The van der Waals surface area contributed by atoms with Crippen LogP contribution in [0.25, 0.3) is 0 Å². The third-order valence-corrected chi connectivity index (χ3v) is 12.8. The number of piperazine rings is 1. The Balaban J connectivity index is 1.39. The molecule has 2 bridgehead atoms. The van der Waals surface area contributed by atoms with Gasteiger partial charge in [0.15, 0.2) is 0 Å². The second-order valence-corrected chi connectivity index (χ2v) is 15.8. The molecule has 4 amide bonds. The highest BCUT2D eigenvalue weighted by atomic mass is 32.2. The largest absolute Gasteiger partial charge is 0.353 e. The van der Waals surface area contributed by atoms with Gasteiger partial charge in [-0.2, -0.15) is 17.0 Å². The van der Waals surface area contributed by atoms with E-state index >= 15 is 8.78 Å². The third kappa shape index (κ3) is 6.74. The number of nitrogens with zero attached hydrogens (tertiary/aromatic N) is 4. The van der Waals surface area contributed by atoms with E-state index in [1.807, 2.05) is 4.90 Å². The normalized spacial score (nSPS) is 41.5. The average molecular weight is 677 g/mol. The van der Waals surface area contributed by atoms with Gasteiger partial charge in [0.05, 0.1) is 36.9 Å². The van der Waals surface area contributed by atoms with Crippen LogP contribution < -0.4 is 21.3 Å². The van der Waals surface area contributed by atoms with Crippen molar-refractivity contribution in [3.05, 3.63) is 12.7 Å². The van der Waals surface area contributed by atoms with E-state index in [9.17, 15) is 19.6 Å². The molecule has 5 heterocycles. The molecule has 6 aliphatic rings. The highest BCUT2D eigenvalue weighted by Gasteiger charge is 2.57. The summed E-state index contributed by atoms with van der Waals surface area (Å²) in [5.74, 6) is -0.738. The second-order valence-electron chi connectivity index (χ2n) is 14.5. The molecule has 4 N–H and O–H groups in total. The van der Waals surface area contributed by atoms with E-state index < -0.39 is 48.7 Å². The second kappa shape index (κ2) is 14.6. The molecule has 1 saturated carbocycles. The standard InChI is InChI=1S/C33H50F2N8O3S/c1-4-26(45)42-14-13-41(17-19(42)8-11-36)31-20-16-22(35)29-27-21(34)6-5-7-23(27)38-25(44)10-15-47-24-9-12-37-28(18(2)3)30(24)43(32(20)39-29)33(46)40-31/h4,18-24,27-32,37,39H,1,5-10,12-17H2,2-3H3,(H,38,44)(H,40,46)/t19-,20?,21?,22?,23?,24?,27?,28?,29?,30?,31?,32?/m0/s1. The topological polar surface area (TPSA) is 133 Å². The zero-order chi connectivity index (χ0) is 33.4. The van der Waals surface area contributed by atoms with E-state index in [0.717, 1.165) is 13.0 Å². The molecule has 1 aliphatic carbocycles. The highest BCUT2D eigenvalue weighted by Crippen LogP contribution is 2.42. The van der Waals surface area contributed by atoms with Crippen molar-refractivity contribution >= 4 is 29.6 Å². The first kappa shape index (κ1) is 34.4. The zero-order valence-corrected chi connectivity index (χ0v) is 28.3. The SMILES string of the molecule is C=CC(=O)N1CCN(C2NC(=O)N3C4NC(C(F)CC24)C2C(F)CCCC2NC(=O)CCSC2CCNC(C(C)C)C23)C[C@@H]1CC#N. The fraction of sp³-hybridized carbons (Fsp3) is 0.818. The zero-order valence-electron chi connectivity index (χ0n) is 27.5. The number of rotatable bonds is 4. The fourth-order valence-electron chi connectivity index (χ4n) is 9.31. The van der Waals surface area contributed by atoms with E-state index in [2.05, 4.69) is 52.7 Å². The molecule has 11 nitrogen and oxygen atoms in total. The Labute approximate surface area is 281 Å². The summed E-state index contributed by atoms with van der Waals surface area (Å²) < 4.78 is 32.6. The first-order valence-electron chi connectivity index (χ1n) is 17.4. The summed E-state index contributed by atoms with van der Waals surface area (Å²) in [6.07, 6.45) is 0.305. The van der Waals surface area contributed by atoms with Gasteiger partial charge in [0.2, 0.25) is 11.8 Å². The molecule has 12 atom stereocenters. The Morgan fingerprint density at radius 2 is 1.96 bits per heavy atom. The maximum Gasteiger partial charge on any atom is 0.320 e. The van der Waals surface area contributed by atoms with Gasteiger partial charge in [-0.05, 0) is 50.6 Å². The van der Waals surface area contributed by atoms with Crippen LogP contribution in [-0.2, 0) is 9.59 Å². The molecule has 0 aromatic carbocycles. The lowest BCUT2D eigenvalue weighted by atomic mass is 9.72. The van der Waals surface area contributed by atoms with E-state index in [4.69, 9.17) is 0 Å². The first-order chi connectivity index (χ1) is 22.6. The fourth-order valence-corrected chi connectivity index (χ4v) is 10.7. The van der Waals surface area contributed by atoms with Crippen molar-refractivity contribution in [2.45, 2.75) is 119 Å². The number of carbonyl (C=O) groups is 3. The predicted octanol–water partition coefficient (Wildman–Crippen LogP) is 2.11. The molecule has 260 valence electrons. The number of nitrogens with one attached hydrogen (secondary N) is 4. The molecule has 6 rings (SSSR count). The first-order valence-corrected chi connectivity index (χ1v) is 18.5. The Morgan fingerprint density at radius 1 is 1.15 bits per heavy atom. The number of urea groups is 1. The monoisotopic (exact) mass is 676 g/mol. The number of amides is 4. The van der Waals surface area contributed by atoms with Crippen LogP contribution in [0.1, 0.15) is 58.8 Å². The van der Waals surface area contributed by atoms with Gasteiger partial charge in [0.1, 0.15) is 12.3 Å². The molecular weight excluding hydrogens is 626 g/mol. The Morgan fingerprint density at radius 3 is 2.70 bits per heavy atom. The van der Waals surface area contributed by atoms with Gasteiger partial charge in [0, 0.05) is 67.0 Å². The lowest BCUT2D eigenvalue weighted by Crippen LogP contribution is -2.80. The van der Waals surface area contributed by atoms with Gasteiger partial charge in [-0.3, -0.25) is 19.8 Å². The van der Waals surface area contributed by atoms with Crippen LogP contribution in [0.4, 0.5) is 13.6 Å². The summed E-state index contributed by atoms with van der Waals surface area (Å²) in [7, 11) is 0. The van der Waals surface area contributed by atoms with Crippen molar-refractivity contribution in [1.82, 2.24) is 36.0 Å². The van der Waals surface area contributed by atoms with Crippen molar-refractivity contribution in [3.63, 3.8) is 0 Å². The summed E-state index contributed by atoms with van der Waals surface area (Å²) in [6.45, 7) is 9.82. The van der Waals surface area contributed by atoms with Crippen LogP contribution >= 0.6 is 11.8 Å². The minimum Gasteiger partial charge on any atom is -0.353 e. The quantitative estimate of drug-likeness (QED) is 0.333. The maximum absolute atomic E-state index is 16.7. The average Bonchev–Trinajstić information content (AvgIpc) is 3.05. The molecular formula is C33H50F2N8O3S. The summed E-state index contributed by atoms with van der Waals surface area (Å²) >= 11 is 1.71. The van der Waals surface area contributed by atoms with Gasteiger partial charge in [-0.15, -0.1) is 0 Å². The maximum atomic E-state index is 16.7. The minimum atomic E-state index is -1.41. The minimum absolute atomic E-state index is 0.0312. The van der Waals surface area contributed by atoms with Crippen molar-refractivity contribution < 1.29 is 23.2 Å². The van der Waals surface area contributed by atoms with Gasteiger partial charge < -0.3 is 25.8 Å². The van der Waals surface area contributed by atoms with Crippen LogP contribution in [0.3, 0.4) is 0 Å². The Bertz CT molecular complexity index is 1240. The summed E-state index contributed by atoms with van der Waals surface area (Å²) in [6, 6.07) is -0.0974. The van der Waals surface area contributed by atoms with Crippen molar-refractivity contribution in [3.8, 4) is 6.07 Å². The summed E-state index contributed by atoms with van der Waals surface area (Å²) in [5, 5.41) is 23.2. The van der Waals surface area contributed by atoms with Crippen LogP contribution in [-0.4, -0.2) is 125 Å².